The molecule has 6 nitrogen and oxygen atoms in total. The summed E-state index contributed by atoms with van der Waals surface area (Å²) in [6, 6.07) is 13.6. The van der Waals surface area contributed by atoms with E-state index in [0.717, 1.165) is 17.1 Å². The van der Waals surface area contributed by atoms with Crippen LogP contribution in [0.5, 0.6) is 0 Å². The first kappa shape index (κ1) is 17.9. The molecule has 1 aromatic carbocycles. The minimum atomic E-state index is -0.492. The topological polar surface area (TPSA) is 81.4 Å². The van der Waals surface area contributed by atoms with Gasteiger partial charge in [-0.3, -0.25) is 4.79 Å². The Morgan fingerprint density at radius 1 is 1.19 bits per heavy atom. The quantitative estimate of drug-likeness (QED) is 0.632. The van der Waals surface area contributed by atoms with Crippen LogP contribution in [-0.2, 0) is 16.0 Å². The molecule has 3 aromatic rings. The zero-order valence-electron chi connectivity index (χ0n) is 14.2. The van der Waals surface area contributed by atoms with Crippen molar-refractivity contribution in [2.24, 2.45) is 0 Å². The number of carbonyl (C=O) groups excluding carboxylic acids is 2. The standard InChI is InChI=1S/C19H18N2O4S/c1-2-24-18(23)15-12-26-19(20-15)21-17(22)11-9-14-8-10-16(25-14)13-6-4-3-5-7-13/h3-8,10,12H,2,9,11H2,1H3,(H,20,21,22). The van der Waals surface area contributed by atoms with Crippen LogP contribution >= 0.6 is 11.3 Å². The lowest BCUT2D eigenvalue weighted by Crippen LogP contribution is -2.12. The van der Waals surface area contributed by atoms with Crippen LogP contribution in [0.25, 0.3) is 11.3 Å². The summed E-state index contributed by atoms with van der Waals surface area (Å²) in [5.74, 6) is 0.839. The lowest BCUT2D eigenvalue weighted by molar-refractivity contribution is -0.116. The molecule has 26 heavy (non-hydrogen) atoms. The van der Waals surface area contributed by atoms with Crippen LogP contribution in [0.15, 0.2) is 52.3 Å². The van der Waals surface area contributed by atoms with E-state index < -0.39 is 5.97 Å². The first-order chi connectivity index (χ1) is 12.7. The smallest absolute Gasteiger partial charge is 0.357 e. The van der Waals surface area contributed by atoms with E-state index >= 15 is 0 Å². The van der Waals surface area contributed by atoms with E-state index in [1.807, 2.05) is 42.5 Å². The number of nitrogens with one attached hydrogen (secondary N) is 1. The third kappa shape index (κ3) is 4.58. The van der Waals surface area contributed by atoms with E-state index in [9.17, 15) is 9.59 Å². The van der Waals surface area contributed by atoms with Gasteiger partial charge in [0.15, 0.2) is 10.8 Å². The Labute approximate surface area is 154 Å². The van der Waals surface area contributed by atoms with Gasteiger partial charge in [0.1, 0.15) is 11.5 Å². The van der Waals surface area contributed by atoms with E-state index in [2.05, 4.69) is 10.3 Å². The average molecular weight is 370 g/mol. The van der Waals surface area contributed by atoms with Crippen LogP contribution in [0.2, 0.25) is 0 Å². The number of anilines is 1. The molecule has 0 spiro atoms. The molecule has 134 valence electrons. The Bertz CT molecular complexity index is 886. The van der Waals surface area contributed by atoms with Gasteiger partial charge in [-0.1, -0.05) is 30.3 Å². The molecule has 0 unspecified atom stereocenters. The van der Waals surface area contributed by atoms with E-state index in [1.54, 1.807) is 12.3 Å². The van der Waals surface area contributed by atoms with Crippen LogP contribution in [0.3, 0.4) is 0 Å². The largest absolute Gasteiger partial charge is 0.461 e. The second-order valence-electron chi connectivity index (χ2n) is 5.44. The molecule has 0 bridgehead atoms. The maximum atomic E-state index is 12.1. The number of thiazole rings is 1. The number of carbonyl (C=O) groups is 2. The number of hydrogen-bond acceptors (Lipinski definition) is 6. The molecule has 0 aliphatic carbocycles. The molecule has 0 saturated heterocycles. The number of amides is 1. The van der Waals surface area contributed by atoms with Gasteiger partial charge in [0.2, 0.25) is 5.91 Å². The van der Waals surface area contributed by atoms with Crippen molar-refractivity contribution in [3.8, 4) is 11.3 Å². The van der Waals surface area contributed by atoms with Crippen molar-refractivity contribution < 1.29 is 18.7 Å². The predicted octanol–water partition coefficient (Wildman–Crippen LogP) is 4.15. The maximum Gasteiger partial charge on any atom is 0.357 e. The molecule has 0 aliphatic heterocycles. The Balaban J connectivity index is 1.52. The summed E-state index contributed by atoms with van der Waals surface area (Å²) in [6.45, 7) is 2.01. The molecule has 2 heterocycles. The average Bonchev–Trinajstić information content (AvgIpc) is 3.30. The normalized spacial score (nSPS) is 10.5. The van der Waals surface area contributed by atoms with Crippen molar-refractivity contribution in [2.45, 2.75) is 19.8 Å². The molecule has 0 radical (unpaired) electrons. The highest BCUT2D eigenvalue weighted by Crippen LogP contribution is 2.22. The van der Waals surface area contributed by atoms with Crippen LogP contribution in [0.1, 0.15) is 29.6 Å². The molecule has 3 rings (SSSR count). The summed E-state index contributed by atoms with van der Waals surface area (Å²) < 4.78 is 10.6. The first-order valence-electron chi connectivity index (χ1n) is 8.22. The summed E-state index contributed by atoms with van der Waals surface area (Å²) in [7, 11) is 0. The molecule has 7 heteroatoms. The molecule has 0 atom stereocenters. The number of aromatic nitrogens is 1. The van der Waals surface area contributed by atoms with Crippen molar-refractivity contribution in [3.05, 3.63) is 59.3 Å². The van der Waals surface area contributed by atoms with Crippen molar-refractivity contribution in [1.29, 1.82) is 0 Å². The predicted molar refractivity (Wildman–Crippen MR) is 99.2 cm³/mol. The number of esters is 1. The van der Waals surface area contributed by atoms with Gasteiger partial charge < -0.3 is 14.5 Å². The number of furan rings is 1. The number of hydrogen-bond donors (Lipinski definition) is 1. The van der Waals surface area contributed by atoms with Gasteiger partial charge in [0.05, 0.1) is 6.61 Å². The molecular formula is C19H18N2O4S. The number of nitrogens with zero attached hydrogens (tertiary/aromatic N) is 1. The summed E-state index contributed by atoms with van der Waals surface area (Å²) in [4.78, 5) is 27.7. The van der Waals surface area contributed by atoms with E-state index in [1.165, 1.54) is 11.3 Å². The fraction of sp³-hybridized carbons (Fsp3) is 0.211. The van der Waals surface area contributed by atoms with Gasteiger partial charge in [-0.2, -0.15) is 0 Å². The zero-order valence-corrected chi connectivity index (χ0v) is 15.0. The highest BCUT2D eigenvalue weighted by atomic mass is 32.1. The molecular weight excluding hydrogens is 352 g/mol. The number of rotatable bonds is 7. The van der Waals surface area contributed by atoms with E-state index in [4.69, 9.17) is 9.15 Å². The summed E-state index contributed by atoms with van der Waals surface area (Å²) in [5, 5.41) is 4.63. The summed E-state index contributed by atoms with van der Waals surface area (Å²) in [6.07, 6.45) is 0.741. The van der Waals surface area contributed by atoms with Crippen molar-refractivity contribution >= 4 is 28.3 Å². The minimum absolute atomic E-state index is 0.188. The number of ether oxygens (including phenoxy) is 1. The van der Waals surface area contributed by atoms with Crippen molar-refractivity contribution in [1.82, 2.24) is 4.98 Å². The van der Waals surface area contributed by atoms with E-state index in [0.29, 0.717) is 11.6 Å². The Morgan fingerprint density at radius 2 is 2.00 bits per heavy atom. The van der Waals surface area contributed by atoms with Gasteiger partial charge in [-0.05, 0) is 19.1 Å². The summed E-state index contributed by atoms with van der Waals surface area (Å²) >= 11 is 1.19. The Kier molecular flexibility index (Phi) is 5.80. The van der Waals surface area contributed by atoms with Gasteiger partial charge in [-0.15, -0.1) is 11.3 Å². The van der Waals surface area contributed by atoms with Crippen LogP contribution < -0.4 is 5.32 Å². The Hall–Kier alpha value is -2.93. The third-order valence-electron chi connectivity index (χ3n) is 3.55. The highest BCUT2D eigenvalue weighted by molar-refractivity contribution is 7.14. The summed E-state index contributed by atoms with van der Waals surface area (Å²) in [5.41, 5.74) is 1.20. The zero-order chi connectivity index (χ0) is 18.4. The molecule has 2 aromatic heterocycles. The second-order valence-corrected chi connectivity index (χ2v) is 6.30. The molecule has 0 saturated carbocycles. The van der Waals surface area contributed by atoms with Gasteiger partial charge in [-0.25, -0.2) is 9.78 Å². The fourth-order valence-electron chi connectivity index (χ4n) is 2.32. The minimum Gasteiger partial charge on any atom is -0.461 e. The molecule has 1 N–H and O–H groups in total. The Morgan fingerprint density at radius 3 is 2.77 bits per heavy atom. The van der Waals surface area contributed by atoms with Gasteiger partial charge in [0, 0.05) is 23.8 Å². The monoisotopic (exact) mass is 370 g/mol. The maximum absolute atomic E-state index is 12.1. The lowest BCUT2D eigenvalue weighted by atomic mass is 10.2. The molecule has 1 amide bonds. The number of aryl methyl sites for hydroxylation is 1. The van der Waals surface area contributed by atoms with Crippen molar-refractivity contribution in [2.75, 3.05) is 11.9 Å². The van der Waals surface area contributed by atoms with Gasteiger partial charge in [0.25, 0.3) is 0 Å². The second kappa shape index (κ2) is 8.44. The van der Waals surface area contributed by atoms with Crippen LogP contribution in [-0.4, -0.2) is 23.5 Å². The fourth-order valence-corrected chi connectivity index (χ4v) is 3.01. The highest BCUT2D eigenvalue weighted by Gasteiger charge is 2.13. The lowest BCUT2D eigenvalue weighted by Gasteiger charge is -2.01. The van der Waals surface area contributed by atoms with Crippen LogP contribution in [0, 0.1) is 0 Å². The van der Waals surface area contributed by atoms with Crippen molar-refractivity contribution in [3.63, 3.8) is 0 Å². The van der Waals surface area contributed by atoms with Crippen LogP contribution in [0.4, 0.5) is 5.13 Å². The van der Waals surface area contributed by atoms with Gasteiger partial charge >= 0.3 is 5.97 Å². The molecule has 0 fully saturated rings. The van der Waals surface area contributed by atoms with E-state index in [-0.39, 0.29) is 24.6 Å². The number of benzene rings is 1. The third-order valence-corrected chi connectivity index (χ3v) is 4.31. The first-order valence-corrected chi connectivity index (χ1v) is 9.10. The SMILES string of the molecule is CCOC(=O)c1csc(NC(=O)CCc2ccc(-c3ccccc3)o2)n1. The molecule has 0 aliphatic rings.